The summed E-state index contributed by atoms with van der Waals surface area (Å²) in [5.41, 5.74) is 0. The van der Waals surface area contributed by atoms with Crippen LogP contribution in [-0.2, 0) is 9.53 Å². The van der Waals surface area contributed by atoms with E-state index in [0.29, 0.717) is 13.0 Å². The first kappa shape index (κ1) is 24.4. The molecule has 0 amide bonds. The van der Waals surface area contributed by atoms with Crippen LogP contribution in [0.2, 0.25) is 0 Å². The molecule has 148 valence electrons. The zero-order valence-corrected chi connectivity index (χ0v) is 16.7. The molecule has 1 N–H and O–H groups in total. The van der Waals surface area contributed by atoms with Gasteiger partial charge in [0.2, 0.25) is 0 Å². The van der Waals surface area contributed by atoms with Gasteiger partial charge in [-0.05, 0) is 51.4 Å². The maximum Gasteiger partial charge on any atom is 0.332 e. The van der Waals surface area contributed by atoms with Crippen LogP contribution in [-0.4, -0.2) is 23.8 Å². The molecule has 0 aromatic rings. The lowest BCUT2D eigenvalue weighted by Crippen LogP contribution is -2.23. The number of allylic oxidation sites excluding steroid dienone is 8. The van der Waals surface area contributed by atoms with Crippen molar-refractivity contribution in [3.8, 4) is 0 Å². The molecule has 0 aliphatic rings. The summed E-state index contributed by atoms with van der Waals surface area (Å²) in [4.78, 5) is 10.8. The number of rotatable bonds is 17. The molecule has 1 atom stereocenters. The number of aliphatic carboxylic acids is 1. The molecule has 0 bridgehead atoms. The lowest BCUT2D eigenvalue weighted by molar-refractivity contribution is -0.150. The minimum Gasteiger partial charge on any atom is -0.479 e. The molecule has 3 heteroatoms. The third-order valence-corrected chi connectivity index (χ3v) is 3.94. The van der Waals surface area contributed by atoms with Gasteiger partial charge in [0, 0.05) is 6.61 Å². The molecular weight excluding hydrogens is 324 g/mol. The van der Waals surface area contributed by atoms with Crippen molar-refractivity contribution in [3.63, 3.8) is 0 Å². The first-order chi connectivity index (χ1) is 12.7. The van der Waals surface area contributed by atoms with Crippen LogP contribution >= 0.6 is 0 Å². The number of carbonyl (C=O) groups is 1. The van der Waals surface area contributed by atoms with E-state index in [1.165, 1.54) is 19.3 Å². The van der Waals surface area contributed by atoms with Crippen molar-refractivity contribution in [2.75, 3.05) is 6.61 Å². The first-order valence-corrected chi connectivity index (χ1v) is 10.2. The zero-order chi connectivity index (χ0) is 19.3. The standard InChI is InChI=1S/C23H38O3/c1-3-5-6-7-8-9-10-11-12-13-14-15-16-17-18-19-20-21-26-22(4-2)23(24)25/h7-8,10-11,13-14,16-17,22H,3-6,9,12,15,18-21H2,1-2H3,(H,24,25)/b8-7-,11-10-,14-13-,17-16-. The minimum absolute atomic E-state index is 0.520. The number of unbranched alkanes of at least 4 members (excludes halogenated alkanes) is 4. The lowest BCUT2D eigenvalue weighted by atomic mass is 10.2. The van der Waals surface area contributed by atoms with E-state index < -0.39 is 12.1 Å². The van der Waals surface area contributed by atoms with Crippen molar-refractivity contribution in [1.82, 2.24) is 0 Å². The molecule has 0 radical (unpaired) electrons. The first-order valence-electron chi connectivity index (χ1n) is 10.2. The van der Waals surface area contributed by atoms with Crippen LogP contribution in [0.3, 0.4) is 0 Å². The van der Waals surface area contributed by atoms with Gasteiger partial charge in [0.15, 0.2) is 6.10 Å². The van der Waals surface area contributed by atoms with Crippen LogP contribution in [0.5, 0.6) is 0 Å². The summed E-state index contributed by atoms with van der Waals surface area (Å²) in [6.45, 7) is 4.58. The summed E-state index contributed by atoms with van der Waals surface area (Å²) in [6.07, 6.45) is 27.3. The molecule has 0 saturated carbocycles. The van der Waals surface area contributed by atoms with E-state index in [1.54, 1.807) is 0 Å². The van der Waals surface area contributed by atoms with Gasteiger partial charge in [-0.25, -0.2) is 4.79 Å². The van der Waals surface area contributed by atoms with Crippen molar-refractivity contribution in [2.45, 2.75) is 84.2 Å². The zero-order valence-electron chi connectivity index (χ0n) is 16.7. The highest BCUT2D eigenvalue weighted by Crippen LogP contribution is 2.03. The molecule has 0 aliphatic heterocycles. The maximum atomic E-state index is 10.8. The van der Waals surface area contributed by atoms with Crippen molar-refractivity contribution in [3.05, 3.63) is 48.6 Å². The Hall–Kier alpha value is -1.61. The highest BCUT2D eigenvalue weighted by atomic mass is 16.5. The average molecular weight is 363 g/mol. The third kappa shape index (κ3) is 17.2. The number of ether oxygens (including phenoxy) is 1. The molecule has 3 nitrogen and oxygen atoms in total. The molecule has 0 rings (SSSR count). The highest BCUT2D eigenvalue weighted by Gasteiger charge is 2.14. The fourth-order valence-electron chi connectivity index (χ4n) is 2.32. The van der Waals surface area contributed by atoms with Crippen LogP contribution in [0.1, 0.15) is 78.1 Å². The lowest BCUT2D eigenvalue weighted by Gasteiger charge is -2.10. The molecular formula is C23H38O3. The minimum atomic E-state index is -0.863. The number of hydrogen-bond acceptors (Lipinski definition) is 2. The average Bonchev–Trinajstić information content (AvgIpc) is 2.63. The molecule has 0 saturated heterocycles. The Balaban J connectivity index is 3.48. The van der Waals surface area contributed by atoms with E-state index in [-0.39, 0.29) is 0 Å². The van der Waals surface area contributed by atoms with E-state index in [0.717, 1.165) is 38.5 Å². The second kappa shape index (κ2) is 19.7. The van der Waals surface area contributed by atoms with Crippen molar-refractivity contribution >= 4 is 5.97 Å². The summed E-state index contributed by atoms with van der Waals surface area (Å²) < 4.78 is 5.33. The third-order valence-electron chi connectivity index (χ3n) is 3.94. The Morgan fingerprint density at radius 1 is 0.808 bits per heavy atom. The fraction of sp³-hybridized carbons (Fsp3) is 0.609. The summed E-state index contributed by atoms with van der Waals surface area (Å²) in [5.74, 6) is -0.863. The molecule has 0 aromatic heterocycles. The van der Waals surface area contributed by atoms with Gasteiger partial charge in [0.25, 0.3) is 0 Å². The predicted molar refractivity (Wildman–Crippen MR) is 111 cm³/mol. The van der Waals surface area contributed by atoms with E-state index in [4.69, 9.17) is 9.84 Å². The molecule has 0 fully saturated rings. The normalized spacial score (nSPS) is 13.6. The molecule has 0 spiro atoms. The summed E-state index contributed by atoms with van der Waals surface area (Å²) in [5, 5.41) is 8.87. The van der Waals surface area contributed by atoms with Crippen LogP contribution in [0.4, 0.5) is 0 Å². The van der Waals surface area contributed by atoms with Crippen LogP contribution in [0, 0.1) is 0 Å². The van der Waals surface area contributed by atoms with Gasteiger partial charge in [-0.1, -0.05) is 75.3 Å². The number of carboxylic acid groups (broad SMARTS) is 1. The monoisotopic (exact) mass is 362 g/mol. The molecule has 0 aromatic carbocycles. The van der Waals surface area contributed by atoms with Gasteiger partial charge in [-0.2, -0.15) is 0 Å². The topological polar surface area (TPSA) is 46.5 Å². The largest absolute Gasteiger partial charge is 0.479 e. The van der Waals surface area contributed by atoms with Crippen LogP contribution in [0.15, 0.2) is 48.6 Å². The van der Waals surface area contributed by atoms with Gasteiger partial charge in [0.05, 0.1) is 0 Å². The Bertz CT molecular complexity index is 433. The molecule has 1 unspecified atom stereocenters. The Kier molecular flexibility index (Phi) is 18.5. The van der Waals surface area contributed by atoms with Crippen molar-refractivity contribution in [1.29, 1.82) is 0 Å². The quantitative estimate of drug-likeness (QED) is 0.233. The summed E-state index contributed by atoms with van der Waals surface area (Å²) in [7, 11) is 0. The molecule has 0 heterocycles. The Labute approximate surface area is 160 Å². The van der Waals surface area contributed by atoms with Crippen LogP contribution < -0.4 is 0 Å². The Morgan fingerprint density at radius 2 is 1.31 bits per heavy atom. The van der Waals surface area contributed by atoms with Crippen molar-refractivity contribution < 1.29 is 14.6 Å². The van der Waals surface area contributed by atoms with Gasteiger partial charge in [0.1, 0.15) is 0 Å². The number of hydrogen-bond donors (Lipinski definition) is 1. The van der Waals surface area contributed by atoms with Crippen LogP contribution in [0.25, 0.3) is 0 Å². The Morgan fingerprint density at radius 3 is 1.77 bits per heavy atom. The smallest absolute Gasteiger partial charge is 0.332 e. The number of carboxylic acids is 1. The van der Waals surface area contributed by atoms with E-state index in [1.807, 2.05) is 6.92 Å². The fourth-order valence-corrected chi connectivity index (χ4v) is 2.32. The summed E-state index contributed by atoms with van der Waals surface area (Å²) in [6, 6.07) is 0. The van der Waals surface area contributed by atoms with E-state index in [9.17, 15) is 4.79 Å². The summed E-state index contributed by atoms with van der Waals surface area (Å²) >= 11 is 0. The second-order valence-electron chi connectivity index (χ2n) is 6.34. The van der Waals surface area contributed by atoms with Crippen molar-refractivity contribution in [2.24, 2.45) is 0 Å². The predicted octanol–water partition coefficient (Wildman–Crippen LogP) is 6.62. The molecule has 26 heavy (non-hydrogen) atoms. The maximum absolute atomic E-state index is 10.8. The van der Waals surface area contributed by atoms with Gasteiger partial charge >= 0.3 is 5.97 Å². The van der Waals surface area contributed by atoms with E-state index in [2.05, 4.69) is 55.5 Å². The highest BCUT2D eigenvalue weighted by molar-refractivity contribution is 5.72. The van der Waals surface area contributed by atoms with Gasteiger partial charge in [-0.3, -0.25) is 0 Å². The molecule has 0 aliphatic carbocycles. The van der Waals surface area contributed by atoms with Gasteiger partial charge < -0.3 is 9.84 Å². The second-order valence-corrected chi connectivity index (χ2v) is 6.34. The SMILES string of the molecule is CCCC/C=C\C/C=C\C/C=C\C/C=C\CCCCOC(CC)C(=O)O. The van der Waals surface area contributed by atoms with Gasteiger partial charge in [-0.15, -0.1) is 0 Å². The van der Waals surface area contributed by atoms with E-state index >= 15 is 0 Å².